The summed E-state index contributed by atoms with van der Waals surface area (Å²) in [5, 5.41) is 33.6. The van der Waals surface area contributed by atoms with Gasteiger partial charge in [0, 0.05) is 80.6 Å². The summed E-state index contributed by atoms with van der Waals surface area (Å²) in [6, 6.07) is 6.55. The summed E-state index contributed by atoms with van der Waals surface area (Å²) >= 11 is 6.60. The van der Waals surface area contributed by atoms with Crippen molar-refractivity contribution in [1.82, 2.24) is 62.8 Å². The van der Waals surface area contributed by atoms with Crippen LogP contribution in [0.2, 0.25) is 5.02 Å². The molecule has 0 saturated carbocycles. The van der Waals surface area contributed by atoms with Crippen molar-refractivity contribution < 1.29 is 38.4 Å². The Balaban J connectivity index is 1.52. The molecular weight excluding hydrogens is 948 g/mol. The lowest BCUT2D eigenvalue weighted by molar-refractivity contribution is -0.135. The quantitative estimate of drug-likeness (QED) is 0.0422. The predicted molar refractivity (Wildman–Crippen MR) is 270 cm³/mol. The topological polar surface area (TPSA) is 339 Å². The lowest BCUT2D eigenvalue weighted by Crippen LogP contribution is -2.60. The number of H-pyrrole nitrogens is 2. The van der Waals surface area contributed by atoms with Crippen molar-refractivity contribution in [3.05, 3.63) is 89.1 Å². The number of aromatic amines is 2. The molecule has 0 spiro atoms. The van der Waals surface area contributed by atoms with E-state index in [2.05, 4.69) is 62.8 Å². The summed E-state index contributed by atoms with van der Waals surface area (Å²) in [7, 11) is 0. The molecule has 3 heterocycles. The van der Waals surface area contributed by atoms with Gasteiger partial charge in [0.2, 0.25) is 47.3 Å². The number of rotatable bonds is 16. The van der Waals surface area contributed by atoms with Crippen LogP contribution in [0, 0.1) is 5.41 Å². The molecule has 0 unspecified atom stereocenters. The first-order valence-corrected chi connectivity index (χ1v) is 24.7. The summed E-state index contributed by atoms with van der Waals surface area (Å²) in [5.41, 5.74) is 7.93. The fourth-order valence-electron chi connectivity index (χ4n) is 8.17. The van der Waals surface area contributed by atoms with E-state index in [1.807, 2.05) is 31.2 Å². The second kappa shape index (κ2) is 28.4. The number of nitrogens with one attached hydrogen (secondary N) is 12. The molecule has 8 amide bonds. The second-order valence-corrected chi connectivity index (χ2v) is 18.1. The van der Waals surface area contributed by atoms with Crippen LogP contribution in [0.4, 0.5) is 0 Å². The Hall–Kier alpha value is -7.49. The highest BCUT2D eigenvalue weighted by atomic mass is 35.5. The van der Waals surface area contributed by atoms with E-state index in [-0.39, 0.29) is 82.0 Å². The number of nitrogens with two attached hydrogens (primary N) is 1. The first kappa shape index (κ1) is 55.4. The maximum atomic E-state index is 14.7. The molecule has 1 aliphatic rings. The van der Waals surface area contributed by atoms with Crippen molar-refractivity contribution in [2.75, 3.05) is 19.6 Å². The number of guanidine groups is 1. The van der Waals surface area contributed by atoms with E-state index in [1.165, 1.54) is 19.4 Å². The molecule has 1 fully saturated rings. The monoisotopic (exact) mass is 1010 g/mol. The Kier molecular flexibility index (Phi) is 21.9. The molecule has 72 heavy (non-hydrogen) atoms. The van der Waals surface area contributed by atoms with Crippen LogP contribution in [-0.4, -0.2) is 124 Å². The molecule has 1 saturated heterocycles. The lowest BCUT2D eigenvalue weighted by Gasteiger charge is -2.28. The molecule has 388 valence electrons. The number of imidazole rings is 1. The van der Waals surface area contributed by atoms with Crippen molar-refractivity contribution in [3.8, 4) is 0 Å². The Morgan fingerprint density at radius 3 is 2.12 bits per heavy atom. The molecular formula is C49H67ClN14O8. The second-order valence-electron chi connectivity index (χ2n) is 17.7. The number of aromatic nitrogens is 3. The summed E-state index contributed by atoms with van der Waals surface area (Å²) in [5.74, 6) is -5.53. The van der Waals surface area contributed by atoms with Crippen LogP contribution in [0.1, 0.15) is 88.5 Å². The van der Waals surface area contributed by atoms with Gasteiger partial charge < -0.3 is 63.6 Å². The molecule has 0 bridgehead atoms. The number of benzene rings is 2. The minimum atomic E-state index is -1.43. The van der Waals surface area contributed by atoms with Crippen molar-refractivity contribution >= 4 is 75.7 Å². The third kappa shape index (κ3) is 17.7. The number of carbonyl (C=O) groups excluding carboxylic acids is 8. The fourth-order valence-corrected chi connectivity index (χ4v) is 8.38. The molecule has 23 heteroatoms. The molecule has 14 N–H and O–H groups in total. The van der Waals surface area contributed by atoms with Gasteiger partial charge in [-0.3, -0.25) is 43.8 Å². The molecule has 22 nitrogen and oxygen atoms in total. The summed E-state index contributed by atoms with van der Waals surface area (Å²) in [6.07, 6.45) is 6.66. The number of hydrogen-bond acceptors (Lipinski definition) is 10. The van der Waals surface area contributed by atoms with Gasteiger partial charge in [-0.05, 0) is 61.8 Å². The minimum Gasteiger partial charge on any atom is -0.370 e. The van der Waals surface area contributed by atoms with Gasteiger partial charge in [0.1, 0.15) is 36.3 Å². The Morgan fingerprint density at radius 1 is 0.792 bits per heavy atom. The molecule has 1 aliphatic heterocycles. The number of para-hydroxylation sites is 1. The number of fused-ring (bicyclic) bond motifs is 1. The average molecular weight is 1020 g/mol. The predicted octanol–water partition coefficient (Wildman–Crippen LogP) is 0.761. The maximum Gasteiger partial charge on any atom is 0.243 e. The van der Waals surface area contributed by atoms with Crippen LogP contribution in [0.25, 0.3) is 10.9 Å². The number of amides is 8. The van der Waals surface area contributed by atoms with Crippen LogP contribution in [0.3, 0.4) is 0 Å². The highest BCUT2D eigenvalue weighted by Crippen LogP contribution is 2.20. The first-order chi connectivity index (χ1) is 34.6. The lowest BCUT2D eigenvalue weighted by atomic mass is 10.0. The van der Waals surface area contributed by atoms with Crippen LogP contribution in [0.5, 0.6) is 0 Å². The number of carbonyl (C=O) groups is 8. The van der Waals surface area contributed by atoms with E-state index < -0.39 is 83.5 Å². The van der Waals surface area contributed by atoms with Crippen LogP contribution in [0.15, 0.2) is 67.3 Å². The van der Waals surface area contributed by atoms with Crippen LogP contribution < -0.4 is 53.6 Å². The number of hydrogen-bond donors (Lipinski definition) is 13. The Labute approximate surface area is 422 Å². The largest absolute Gasteiger partial charge is 0.370 e. The summed E-state index contributed by atoms with van der Waals surface area (Å²) in [4.78, 5) is 122. The van der Waals surface area contributed by atoms with E-state index in [4.69, 9.17) is 22.7 Å². The smallest absolute Gasteiger partial charge is 0.243 e. The van der Waals surface area contributed by atoms with E-state index in [0.717, 1.165) is 22.9 Å². The van der Waals surface area contributed by atoms with Crippen LogP contribution in [-0.2, 0) is 57.6 Å². The molecule has 2 aromatic heterocycles. The maximum absolute atomic E-state index is 14.7. The van der Waals surface area contributed by atoms with Gasteiger partial charge in [-0.15, -0.1) is 0 Å². The van der Waals surface area contributed by atoms with Crippen molar-refractivity contribution in [2.45, 2.75) is 127 Å². The summed E-state index contributed by atoms with van der Waals surface area (Å²) in [6.45, 7) is 3.77. The third-order valence-corrected chi connectivity index (χ3v) is 12.4. The van der Waals surface area contributed by atoms with Crippen molar-refractivity contribution in [2.24, 2.45) is 5.73 Å². The Morgan fingerprint density at radius 2 is 1.43 bits per heavy atom. The number of unbranched alkanes of at least 4 members (excludes halogenated alkanes) is 1. The normalized spacial score (nSPS) is 20.6. The standard InChI is InChI=1S/C49H67ClN14O8/c1-3-4-15-36(59-29(2)65)44(68)61-38-18-19-42(66)54-20-9-10-21-55-43(67)39(24-31-26-57-35-16-8-6-13-33(31)35)62-45(69)37(17-11-22-56-49(51)52)60-47(71)40(23-30-12-5-7-14-34(30)50)63-48(72)41(64-46(38)70)25-32-27-53-28-58-32/h5-8,12-14,16,26-28,36-41,57H,3-4,9-11,15,17-25H2,1-2H3,(H,53,58)(H,54,66)(H,55,67)(H,59,65)(H,60,71)(H,61,68)(H,62,69)(H,63,72)(H,64,70)(H4,51,52,56)/t36-,37-,38-,39-,40+,41-/m0/s1. The zero-order chi connectivity index (χ0) is 52.0. The minimum absolute atomic E-state index is 0.00391. The molecule has 2 aromatic carbocycles. The zero-order valence-corrected chi connectivity index (χ0v) is 41.3. The van der Waals surface area contributed by atoms with Gasteiger partial charge in [0.05, 0.1) is 12.0 Å². The molecule has 5 rings (SSSR count). The molecule has 4 aromatic rings. The van der Waals surface area contributed by atoms with E-state index in [1.54, 1.807) is 30.5 Å². The van der Waals surface area contributed by atoms with Crippen LogP contribution >= 0.6 is 11.6 Å². The molecule has 0 aliphatic carbocycles. The van der Waals surface area contributed by atoms with Gasteiger partial charge in [-0.25, -0.2) is 4.98 Å². The van der Waals surface area contributed by atoms with Gasteiger partial charge in [0.15, 0.2) is 5.96 Å². The number of nitrogens with zero attached hydrogens (tertiary/aromatic N) is 1. The third-order valence-electron chi connectivity index (χ3n) is 12.0. The molecule has 0 radical (unpaired) electrons. The van der Waals surface area contributed by atoms with Crippen molar-refractivity contribution in [1.29, 1.82) is 5.41 Å². The van der Waals surface area contributed by atoms with E-state index >= 15 is 0 Å². The first-order valence-electron chi connectivity index (χ1n) is 24.3. The SMILES string of the molecule is CCCC[C@H](NC(C)=O)C(=O)N[C@H]1CCC(=O)NCCCCNC(=O)[C@H](Cc2c[nH]c3ccccc23)NC(=O)[C@H](CCCNC(=N)N)NC(=O)[C@@H](Cc2ccccc2Cl)NC(=O)[C@H](Cc2c[nH]cn2)NC1=O. The highest BCUT2D eigenvalue weighted by molar-refractivity contribution is 6.31. The van der Waals surface area contributed by atoms with Gasteiger partial charge in [-0.2, -0.15) is 0 Å². The average Bonchev–Trinajstić information content (AvgIpc) is 4.03. The van der Waals surface area contributed by atoms with Crippen molar-refractivity contribution in [3.63, 3.8) is 0 Å². The zero-order valence-electron chi connectivity index (χ0n) is 40.6. The molecule has 6 atom stereocenters. The van der Waals surface area contributed by atoms with Gasteiger partial charge >= 0.3 is 0 Å². The fraction of sp³-hybridized carbons (Fsp3) is 0.469. The highest BCUT2D eigenvalue weighted by Gasteiger charge is 2.34. The number of halogens is 1. The van der Waals surface area contributed by atoms with E-state index in [0.29, 0.717) is 30.5 Å². The summed E-state index contributed by atoms with van der Waals surface area (Å²) < 4.78 is 0. The Bertz CT molecular complexity index is 2500. The van der Waals surface area contributed by atoms with Gasteiger partial charge in [-0.1, -0.05) is 67.8 Å². The van der Waals surface area contributed by atoms with E-state index in [9.17, 15) is 38.4 Å². The van der Waals surface area contributed by atoms with Gasteiger partial charge in [0.25, 0.3) is 0 Å².